The SMILES string of the molecule is CC(C)(C)[Si](C)(C)OC1CO[C@H]2[C@@H]1OC[C@H]2Oc1nc2cc(Cl)c(NC3CCc4cc(O)cc(F)c43)nc2n1COCC[Si](C)(C)C. The third-order valence-corrected chi connectivity index (χ3v) is 16.4. The van der Waals surface area contributed by atoms with Crippen LogP contribution in [0.4, 0.5) is 10.2 Å². The Morgan fingerprint density at radius 3 is 2.47 bits per heavy atom. The van der Waals surface area contributed by atoms with E-state index in [4.69, 9.17) is 44.9 Å². The molecule has 1 aliphatic carbocycles. The lowest BCUT2D eigenvalue weighted by molar-refractivity contribution is 0.00687. The molecule has 0 saturated carbocycles. The molecule has 2 fully saturated rings. The van der Waals surface area contributed by atoms with E-state index < -0.39 is 28.3 Å². The first-order valence-electron chi connectivity index (χ1n) is 16.5. The van der Waals surface area contributed by atoms with Gasteiger partial charge in [-0.05, 0) is 54.7 Å². The van der Waals surface area contributed by atoms with Gasteiger partial charge < -0.3 is 33.8 Å². The van der Waals surface area contributed by atoms with Gasteiger partial charge in [-0.2, -0.15) is 4.98 Å². The highest BCUT2D eigenvalue weighted by atomic mass is 35.5. The van der Waals surface area contributed by atoms with Crippen molar-refractivity contribution >= 4 is 45.0 Å². The first-order valence-corrected chi connectivity index (χ1v) is 23.5. The number of pyridine rings is 1. The Hall–Kier alpha value is -2.27. The van der Waals surface area contributed by atoms with E-state index in [1.54, 1.807) is 12.1 Å². The second-order valence-corrected chi connectivity index (χ2v) is 26.5. The summed E-state index contributed by atoms with van der Waals surface area (Å²) in [5, 5.41) is 13.6. The minimum atomic E-state index is -2.03. The fraction of sp³-hybridized carbons (Fsp3) is 0.636. The van der Waals surface area contributed by atoms with Crippen LogP contribution in [0.15, 0.2) is 18.2 Å². The maximum atomic E-state index is 14.9. The molecule has 14 heteroatoms. The lowest BCUT2D eigenvalue weighted by atomic mass is 10.1. The maximum absolute atomic E-state index is 14.9. The molecule has 5 atom stereocenters. The minimum absolute atomic E-state index is 0.0696. The average molecular weight is 707 g/mol. The van der Waals surface area contributed by atoms with E-state index in [0.717, 1.165) is 17.7 Å². The second-order valence-electron chi connectivity index (χ2n) is 15.7. The van der Waals surface area contributed by atoms with E-state index in [1.807, 2.05) is 4.57 Å². The van der Waals surface area contributed by atoms with Gasteiger partial charge in [-0.15, -0.1) is 0 Å². The van der Waals surface area contributed by atoms with E-state index in [9.17, 15) is 9.50 Å². The topological polar surface area (TPSA) is 109 Å². The van der Waals surface area contributed by atoms with Crippen molar-refractivity contribution in [3.8, 4) is 11.8 Å². The standard InChI is InChI=1S/C33H48ClFN4O6Si2/c1-33(2,3)47(7,8)45-26-17-43-28-25(16-42-29(26)28)44-32-37-24-15-21(34)30(38-31(24)39(32)18-41-11-12-46(4,5)6)36-23-10-9-19-13-20(40)14-22(35)27(19)23/h13-15,23,25-26,28-29,40H,9-12,16-18H2,1-8H3,(H,36,38)/t23?,25-,26?,28-,29-/m1/s1. The Morgan fingerprint density at radius 1 is 1.06 bits per heavy atom. The van der Waals surface area contributed by atoms with E-state index in [0.29, 0.717) is 66.2 Å². The summed E-state index contributed by atoms with van der Waals surface area (Å²) in [6.07, 6.45) is 0.212. The monoisotopic (exact) mass is 706 g/mol. The predicted octanol–water partition coefficient (Wildman–Crippen LogP) is 7.28. The number of halogens is 2. The van der Waals surface area contributed by atoms with Crippen molar-refractivity contribution in [1.29, 1.82) is 0 Å². The zero-order valence-electron chi connectivity index (χ0n) is 28.7. The summed E-state index contributed by atoms with van der Waals surface area (Å²) >= 11 is 6.73. The van der Waals surface area contributed by atoms with Crippen molar-refractivity contribution in [2.24, 2.45) is 0 Å². The van der Waals surface area contributed by atoms with Crippen LogP contribution in [0.1, 0.15) is 44.4 Å². The van der Waals surface area contributed by atoms with Gasteiger partial charge in [-0.1, -0.05) is 52.0 Å². The summed E-state index contributed by atoms with van der Waals surface area (Å²) in [4.78, 5) is 9.67. The van der Waals surface area contributed by atoms with E-state index in [-0.39, 0.29) is 41.9 Å². The smallest absolute Gasteiger partial charge is 0.301 e. The number of anilines is 1. The molecule has 0 radical (unpaired) electrons. The average Bonchev–Trinajstić information content (AvgIpc) is 3.71. The lowest BCUT2D eigenvalue weighted by Gasteiger charge is -2.39. The molecular weight excluding hydrogens is 659 g/mol. The van der Waals surface area contributed by atoms with Crippen LogP contribution >= 0.6 is 11.6 Å². The van der Waals surface area contributed by atoms with Crippen LogP contribution in [0.3, 0.4) is 0 Å². The molecule has 10 nitrogen and oxygen atoms in total. The number of hydrogen-bond acceptors (Lipinski definition) is 9. The number of nitrogens with zero attached hydrogens (tertiary/aromatic N) is 3. The molecule has 3 aliphatic rings. The molecule has 6 rings (SSSR count). The quantitative estimate of drug-likeness (QED) is 0.157. The number of rotatable bonds is 11. The Balaban J connectivity index is 1.25. The van der Waals surface area contributed by atoms with Crippen molar-refractivity contribution in [1.82, 2.24) is 14.5 Å². The van der Waals surface area contributed by atoms with Crippen LogP contribution in [0.2, 0.25) is 48.8 Å². The van der Waals surface area contributed by atoms with Gasteiger partial charge in [0.1, 0.15) is 41.8 Å². The zero-order valence-corrected chi connectivity index (χ0v) is 31.4. The highest BCUT2D eigenvalue weighted by Gasteiger charge is 2.52. The van der Waals surface area contributed by atoms with Crippen molar-refractivity contribution in [3.05, 3.63) is 40.2 Å². The van der Waals surface area contributed by atoms with Gasteiger partial charge in [0.15, 0.2) is 20.1 Å². The van der Waals surface area contributed by atoms with Crippen LogP contribution in [0, 0.1) is 5.82 Å². The molecule has 4 heterocycles. The summed E-state index contributed by atoms with van der Waals surface area (Å²) in [5.74, 6) is -0.120. The normalized spacial score (nSPS) is 24.6. The van der Waals surface area contributed by atoms with E-state index >= 15 is 0 Å². The zero-order chi connectivity index (χ0) is 33.9. The number of aromatic nitrogens is 3. The molecule has 2 saturated heterocycles. The van der Waals surface area contributed by atoms with Crippen LogP contribution < -0.4 is 10.1 Å². The largest absolute Gasteiger partial charge is 0.508 e. The molecule has 2 unspecified atom stereocenters. The molecule has 3 aromatic rings. The molecule has 47 heavy (non-hydrogen) atoms. The van der Waals surface area contributed by atoms with E-state index in [2.05, 4.69) is 58.8 Å². The van der Waals surface area contributed by atoms with Crippen LogP contribution in [-0.4, -0.2) is 80.3 Å². The number of hydrogen-bond donors (Lipinski definition) is 2. The molecule has 0 amide bonds. The number of imidazole rings is 1. The second kappa shape index (κ2) is 12.9. The number of ether oxygens (including phenoxy) is 4. The van der Waals surface area contributed by atoms with Gasteiger partial charge in [0, 0.05) is 26.3 Å². The molecule has 0 spiro atoms. The van der Waals surface area contributed by atoms with Crippen molar-refractivity contribution in [2.75, 3.05) is 25.1 Å². The van der Waals surface area contributed by atoms with Crippen molar-refractivity contribution in [2.45, 2.75) is 115 Å². The Morgan fingerprint density at radius 2 is 1.77 bits per heavy atom. The van der Waals surface area contributed by atoms with Gasteiger partial charge >= 0.3 is 6.01 Å². The third kappa shape index (κ3) is 7.22. The molecule has 1 aromatic carbocycles. The van der Waals surface area contributed by atoms with Gasteiger partial charge in [-0.3, -0.25) is 4.57 Å². The molecular formula is C33H48ClFN4O6Si2. The number of phenolic OH excluding ortho intramolecular Hbond substituents is 1. The lowest BCUT2D eigenvalue weighted by Crippen LogP contribution is -2.47. The molecule has 2 N–H and O–H groups in total. The predicted molar refractivity (Wildman–Crippen MR) is 185 cm³/mol. The number of phenols is 1. The van der Waals surface area contributed by atoms with Gasteiger partial charge in [0.05, 0.1) is 30.4 Å². The van der Waals surface area contributed by atoms with Crippen molar-refractivity contribution < 1.29 is 32.9 Å². The Kier molecular flexibility index (Phi) is 9.48. The molecule has 258 valence electrons. The highest BCUT2D eigenvalue weighted by Crippen LogP contribution is 2.42. The summed E-state index contributed by atoms with van der Waals surface area (Å²) in [5.41, 5.74) is 2.38. The number of aromatic hydroxyl groups is 1. The Labute approximate surface area is 283 Å². The maximum Gasteiger partial charge on any atom is 0.301 e. The highest BCUT2D eigenvalue weighted by molar-refractivity contribution is 6.76. The van der Waals surface area contributed by atoms with E-state index in [1.165, 1.54) is 0 Å². The number of fused-ring (bicyclic) bond motifs is 3. The summed E-state index contributed by atoms with van der Waals surface area (Å²) in [6.45, 7) is 19.7. The molecule has 0 bridgehead atoms. The summed E-state index contributed by atoms with van der Waals surface area (Å²) < 4.78 is 48.6. The number of aryl methyl sites for hydroxylation is 1. The van der Waals surface area contributed by atoms with Crippen molar-refractivity contribution in [3.63, 3.8) is 0 Å². The fourth-order valence-corrected chi connectivity index (χ4v) is 8.45. The first kappa shape index (κ1) is 34.6. The van der Waals surface area contributed by atoms with Crippen LogP contribution in [0.5, 0.6) is 11.8 Å². The van der Waals surface area contributed by atoms with Crippen LogP contribution in [0.25, 0.3) is 11.2 Å². The molecule has 2 aliphatic heterocycles. The third-order valence-electron chi connectivity index (χ3n) is 9.89. The summed E-state index contributed by atoms with van der Waals surface area (Å²) in [7, 11) is -3.34. The van der Waals surface area contributed by atoms with Gasteiger partial charge in [-0.25, -0.2) is 9.37 Å². The minimum Gasteiger partial charge on any atom is -0.508 e. The number of benzene rings is 1. The fourth-order valence-electron chi connectivity index (χ4n) is 6.18. The summed E-state index contributed by atoms with van der Waals surface area (Å²) in [6, 6.07) is 5.50. The Bertz CT molecular complexity index is 1630. The van der Waals surface area contributed by atoms with Gasteiger partial charge in [0.2, 0.25) is 0 Å². The van der Waals surface area contributed by atoms with Crippen LogP contribution in [-0.2, 0) is 31.8 Å². The number of nitrogens with one attached hydrogen (secondary N) is 1. The molecule has 2 aromatic heterocycles. The van der Waals surface area contributed by atoms with Gasteiger partial charge in [0.25, 0.3) is 0 Å². The first-order chi connectivity index (χ1) is 22.0.